The lowest BCUT2D eigenvalue weighted by molar-refractivity contribution is -0.308. The number of carboxylic acids is 1. The summed E-state index contributed by atoms with van der Waals surface area (Å²) in [5.74, 6) is -1.30. The van der Waals surface area contributed by atoms with Gasteiger partial charge in [-0.3, -0.25) is 4.79 Å². The summed E-state index contributed by atoms with van der Waals surface area (Å²) in [7, 11) is 0. The highest BCUT2D eigenvalue weighted by Gasteiger charge is 2.10. The zero-order valence-electron chi connectivity index (χ0n) is 9.10. The van der Waals surface area contributed by atoms with Crippen LogP contribution in [0.1, 0.15) is 23.7 Å². The van der Waals surface area contributed by atoms with Crippen LogP contribution < -0.4 is 10.4 Å². The van der Waals surface area contributed by atoms with E-state index in [2.05, 4.69) is 5.32 Å². The van der Waals surface area contributed by atoms with Crippen molar-refractivity contribution in [2.24, 2.45) is 0 Å². The lowest BCUT2D eigenvalue weighted by atomic mass is 10.1. The van der Waals surface area contributed by atoms with E-state index in [1.807, 2.05) is 6.07 Å². The Kier molecular flexibility index (Phi) is 4.66. The van der Waals surface area contributed by atoms with Crippen molar-refractivity contribution in [1.82, 2.24) is 5.32 Å². The van der Waals surface area contributed by atoms with Gasteiger partial charge in [0, 0.05) is 11.6 Å². The second-order valence-corrected chi connectivity index (χ2v) is 3.45. The van der Waals surface area contributed by atoms with Crippen molar-refractivity contribution < 1.29 is 14.7 Å². The molecule has 0 aliphatic heterocycles. The summed E-state index contributed by atoms with van der Waals surface area (Å²) in [5.41, 5.74) is 0.572. The van der Waals surface area contributed by atoms with Gasteiger partial charge in [0.25, 0.3) is 0 Å². The van der Waals surface area contributed by atoms with E-state index in [1.165, 1.54) is 0 Å². The van der Waals surface area contributed by atoms with Gasteiger partial charge in [-0.15, -0.1) is 0 Å². The highest BCUT2D eigenvalue weighted by Crippen LogP contribution is 1.99. The van der Waals surface area contributed by atoms with Crippen LogP contribution in [0.25, 0.3) is 0 Å². The number of carboxylic acid groups (broad SMARTS) is 1. The minimum atomic E-state index is -1.18. The molecule has 1 N–H and O–H groups in total. The van der Waals surface area contributed by atoms with Crippen LogP contribution in [0.15, 0.2) is 30.3 Å². The Hall–Kier alpha value is -1.68. The number of rotatable bonds is 6. The highest BCUT2D eigenvalue weighted by atomic mass is 16.4. The van der Waals surface area contributed by atoms with Crippen LogP contribution in [0.2, 0.25) is 0 Å². The van der Waals surface area contributed by atoms with Gasteiger partial charge in [0.15, 0.2) is 5.78 Å². The molecule has 1 aromatic carbocycles. The number of aliphatic carboxylic acids is 1. The fourth-order valence-electron chi connectivity index (χ4n) is 1.34. The van der Waals surface area contributed by atoms with Crippen LogP contribution in [-0.4, -0.2) is 24.3 Å². The summed E-state index contributed by atoms with van der Waals surface area (Å²) < 4.78 is 0. The molecule has 0 heterocycles. The van der Waals surface area contributed by atoms with E-state index in [9.17, 15) is 14.7 Å². The van der Waals surface area contributed by atoms with Crippen molar-refractivity contribution in [2.45, 2.75) is 19.4 Å². The van der Waals surface area contributed by atoms with Crippen molar-refractivity contribution >= 4 is 11.8 Å². The predicted octanol–water partition coefficient (Wildman–Crippen LogP) is -0.0126. The quantitative estimate of drug-likeness (QED) is 0.684. The van der Waals surface area contributed by atoms with E-state index in [0.29, 0.717) is 12.0 Å². The Balaban J connectivity index is 2.50. The first kappa shape index (κ1) is 12.4. The van der Waals surface area contributed by atoms with Crippen molar-refractivity contribution in [3.05, 3.63) is 35.9 Å². The van der Waals surface area contributed by atoms with Gasteiger partial charge in [-0.1, -0.05) is 37.3 Å². The van der Waals surface area contributed by atoms with Crippen LogP contribution in [0.5, 0.6) is 0 Å². The molecule has 1 aromatic rings. The van der Waals surface area contributed by atoms with E-state index >= 15 is 0 Å². The molecule has 0 saturated heterocycles. The monoisotopic (exact) mass is 220 g/mol. The Labute approximate surface area is 94.3 Å². The van der Waals surface area contributed by atoms with Gasteiger partial charge in [0.2, 0.25) is 0 Å². The van der Waals surface area contributed by atoms with Gasteiger partial charge in [-0.2, -0.15) is 0 Å². The Bertz CT molecular complexity index is 362. The van der Waals surface area contributed by atoms with Crippen molar-refractivity contribution in [3.63, 3.8) is 0 Å². The lowest BCUT2D eigenvalue weighted by Crippen LogP contribution is -2.46. The molecule has 0 aliphatic carbocycles. The molecular formula is C12H14NO3-. The SMILES string of the molecule is CCC(NCC(=O)c1ccccc1)C(=O)[O-]. The number of hydrogen-bond donors (Lipinski definition) is 1. The standard InChI is InChI=1S/C12H15NO3/c1-2-10(12(15)16)13-8-11(14)9-6-4-3-5-7-9/h3-7,10,13H,2,8H2,1H3,(H,15,16)/p-1. The molecule has 0 spiro atoms. The summed E-state index contributed by atoms with van der Waals surface area (Å²) in [4.78, 5) is 22.2. The van der Waals surface area contributed by atoms with Crippen molar-refractivity contribution in [2.75, 3.05) is 6.54 Å². The zero-order chi connectivity index (χ0) is 12.0. The minimum absolute atomic E-state index is 0.0104. The zero-order valence-corrected chi connectivity index (χ0v) is 9.10. The van der Waals surface area contributed by atoms with Gasteiger partial charge in [0.1, 0.15) is 0 Å². The molecule has 4 heteroatoms. The second-order valence-electron chi connectivity index (χ2n) is 3.45. The molecule has 1 unspecified atom stereocenters. The molecule has 0 fully saturated rings. The van der Waals surface area contributed by atoms with Gasteiger partial charge >= 0.3 is 0 Å². The Morgan fingerprint density at radius 2 is 1.94 bits per heavy atom. The molecule has 4 nitrogen and oxygen atoms in total. The average molecular weight is 220 g/mol. The molecule has 0 saturated carbocycles. The molecule has 0 aliphatic rings. The molecule has 1 atom stereocenters. The van der Waals surface area contributed by atoms with E-state index in [-0.39, 0.29) is 12.3 Å². The fourth-order valence-corrected chi connectivity index (χ4v) is 1.34. The van der Waals surface area contributed by atoms with Crippen LogP contribution >= 0.6 is 0 Å². The Morgan fingerprint density at radius 3 is 2.44 bits per heavy atom. The van der Waals surface area contributed by atoms with Crippen molar-refractivity contribution in [1.29, 1.82) is 0 Å². The largest absolute Gasteiger partial charge is 0.548 e. The summed E-state index contributed by atoms with van der Waals surface area (Å²) in [6.07, 6.45) is 0.393. The molecule has 16 heavy (non-hydrogen) atoms. The van der Waals surface area contributed by atoms with E-state index in [1.54, 1.807) is 31.2 Å². The van der Waals surface area contributed by atoms with Crippen LogP contribution in [0.3, 0.4) is 0 Å². The number of carbonyl (C=O) groups excluding carboxylic acids is 2. The van der Waals surface area contributed by atoms with E-state index in [4.69, 9.17) is 0 Å². The molecule has 0 aromatic heterocycles. The summed E-state index contributed by atoms with van der Waals surface area (Å²) >= 11 is 0. The molecular weight excluding hydrogens is 206 g/mol. The fraction of sp³-hybridized carbons (Fsp3) is 0.333. The van der Waals surface area contributed by atoms with Crippen LogP contribution in [0.4, 0.5) is 0 Å². The molecule has 1 rings (SSSR count). The molecule has 0 bridgehead atoms. The predicted molar refractivity (Wildman–Crippen MR) is 57.9 cm³/mol. The first-order valence-electron chi connectivity index (χ1n) is 5.17. The molecule has 86 valence electrons. The summed E-state index contributed by atoms with van der Waals surface area (Å²) in [5, 5.41) is 13.3. The molecule has 0 amide bonds. The van der Waals surface area contributed by atoms with Crippen LogP contribution in [-0.2, 0) is 4.79 Å². The molecule has 0 radical (unpaired) electrons. The maximum atomic E-state index is 11.6. The average Bonchev–Trinajstić information content (AvgIpc) is 2.30. The lowest BCUT2D eigenvalue weighted by Gasteiger charge is -2.17. The van der Waals surface area contributed by atoms with E-state index in [0.717, 1.165) is 0 Å². The number of Topliss-reactive ketones (excluding diaryl/α,β-unsaturated/α-hetero) is 1. The summed E-state index contributed by atoms with van der Waals surface area (Å²) in [6.45, 7) is 1.73. The van der Waals surface area contributed by atoms with Crippen molar-refractivity contribution in [3.8, 4) is 0 Å². The van der Waals surface area contributed by atoms with Gasteiger partial charge in [-0.25, -0.2) is 0 Å². The van der Waals surface area contributed by atoms with E-state index < -0.39 is 12.0 Å². The number of nitrogens with one attached hydrogen (secondary N) is 1. The number of ketones is 1. The summed E-state index contributed by atoms with van der Waals surface area (Å²) in [6, 6.07) is 7.98. The maximum Gasteiger partial charge on any atom is 0.176 e. The second kappa shape index (κ2) is 6.02. The maximum absolute atomic E-state index is 11.6. The topological polar surface area (TPSA) is 69.2 Å². The number of carbonyl (C=O) groups is 2. The van der Waals surface area contributed by atoms with Gasteiger partial charge < -0.3 is 15.2 Å². The normalized spacial score (nSPS) is 12.1. The third-order valence-electron chi connectivity index (χ3n) is 2.30. The smallest absolute Gasteiger partial charge is 0.176 e. The third-order valence-corrected chi connectivity index (χ3v) is 2.30. The highest BCUT2D eigenvalue weighted by molar-refractivity contribution is 5.97. The first-order valence-corrected chi connectivity index (χ1v) is 5.17. The first-order chi connectivity index (χ1) is 7.65. The Morgan fingerprint density at radius 1 is 1.31 bits per heavy atom. The third kappa shape index (κ3) is 3.47. The minimum Gasteiger partial charge on any atom is -0.548 e. The van der Waals surface area contributed by atoms with Gasteiger partial charge in [0.05, 0.1) is 12.5 Å². The number of benzene rings is 1. The number of hydrogen-bond acceptors (Lipinski definition) is 4. The van der Waals surface area contributed by atoms with Crippen LogP contribution in [0, 0.1) is 0 Å². The van der Waals surface area contributed by atoms with Gasteiger partial charge in [-0.05, 0) is 6.42 Å².